The lowest BCUT2D eigenvalue weighted by Gasteiger charge is -2.15. The molecule has 2 atom stereocenters. The third kappa shape index (κ3) is 2.88. The Kier molecular flexibility index (Phi) is 3.96. The molecule has 1 N–H and O–H groups in total. The Morgan fingerprint density at radius 1 is 1.32 bits per heavy atom. The zero-order valence-corrected chi connectivity index (χ0v) is 12.5. The van der Waals surface area contributed by atoms with Crippen LogP contribution >= 0.6 is 15.9 Å². The van der Waals surface area contributed by atoms with E-state index in [-0.39, 0.29) is 0 Å². The topological polar surface area (TPSA) is 39.7 Å². The van der Waals surface area contributed by atoms with Crippen molar-refractivity contribution in [3.63, 3.8) is 0 Å². The zero-order chi connectivity index (χ0) is 13.2. The minimum Gasteiger partial charge on any atom is -0.454 e. The number of halogens is 1. The quantitative estimate of drug-likeness (QED) is 0.923. The molecular weight excluding hydrogens is 310 g/mol. The summed E-state index contributed by atoms with van der Waals surface area (Å²) in [7, 11) is 0. The number of hydrogen-bond acceptors (Lipinski definition) is 4. The smallest absolute Gasteiger partial charge is 0.231 e. The van der Waals surface area contributed by atoms with Gasteiger partial charge in [0.25, 0.3) is 0 Å². The predicted octanol–water partition coefficient (Wildman–Crippen LogP) is 2.69. The Hall–Kier alpha value is -0.780. The molecule has 2 aliphatic heterocycles. The molecule has 1 fully saturated rings. The molecule has 4 nitrogen and oxygen atoms in total. The summed E-state index contributed by atoms with van der Waals surface area (Å²) in [5.74, 6) is 2.26. The van der Waals surface area contributed by atoms with Crippen LogP contribution in [0.15, 0.2) is 16.6 Å². The zero-order valence-electron chi connectivity index (χ0n) is 10.9. The average Bonchev–Trinajstić information content (AvgIpc) is 2.99. The molecule has 0 saturated carbocycles. The molecule has 2 unspecified atom stereocenters. The molecule has 1 aromatic rings. The summed E-state index contributed by atoms with van der Waals surface area (Å²) in [4.78, 5) is 0. The van der Waals surface area contributed by atoms with Crippen LogP contribution in [0.25, 0.3) is 0 Å². The van der Waals surface area contributed by atoms with Crippen molar-refractivity contribution in [3.05, 3.63) is 22.2 Å². The van der Waals surface area contributed by atoms with Gasteiger partial charge in [0.15, 0.2) is 11.5 Å². The van der Waals surface area contributed by atoms with Crippen molar-refractivity contribution in [1.82, 2.24) is 5.32 Å². The first-order chi connectivity index (χ1) is 9.24. The molecule has 2 heterocycles. The SMILES string of the molecule is CC1OCCC1CNCc1cc2c(cc1Br)OCO2. The largest absolute Gasteiger partial charge is 0.454 e. The van der Waals surface area contributed by atoms with Gasteiger partial charge < -0.3 is 19.5 Å². The van der Waals surface area contributed by atoms with Crippen molar-refractivity contribution < 1.29 is 14.2 Å². The summed E-state index contributed by atoms with van der Waals surface area (Å²) < 4.78 is 17.4. The minimum absolute atomic E-state index is 0.315. The fourth-order valence-electron chi connectivity index (χ4n) is 2.53. The number of nitrogens with one attached hydrogen (secondary N) is 1. The van der Waals surface area contributed by atoms with Crippen LogP contribution in [0.5, 0.6) is 11.5 Å². The second-order valence-electron chi connectivity index (χ2n) is 5.05. The summed E-state index contributed by atoms with van der Waals surface area (Å²) in [5, 5.41) is 3.50. The Bertz CT molecular complexity index is 466. The molecule has 19 heavy (non-hydrogen) atoms. The van der Waals surface area contributed by atoms with E-state index in [1.165, 1.54) is 5.56 Å². The molecule has 0 radical (unpaired) electrons. The molecular formula is C14H18BrNO3. The first-order valence-corrected chi connectivity index (χ1v) is 7.43. The monoisotopic (exact) mass is 327 g/mol. The molecule has 104 valence electrons. The number of benzene rings is 1. The van der Waals surface area contributed by atoms with Crippen molar-refractivity contribution in [2.75, 3.05) is 19.9 Å². The van der Waals surface area contributed by atoms with E-state index in [1.807, 2.05) is 12.1 Å². The highest BCUT2D eigenvalue weighted by molar-refractivity contribution is 9.10. The third-order valence-electron chi connectivity index (χ3n) is 3.80. The van der Waals surface area contributed by atoms with E-state index in [0.717, 1.165) is 42.1 Å². The highest BCUT2D eigenvalue weighted by atomic mass is 79.9. The maximum absolute atomic E-state index is 5.57. The molecule has 3 rings (SSSR count). The molecule has 2 aliphatic rings. The summed E-state index contributed by atoms with van der Waals surface area (Å²) in [6.45, 7) is 5.16. The van der Waals surface area contributed by atoms with E-state index >= 15 is 0 Å². The van der Waals surface area contributed by atoms with Crippen molar-refractivity contribution in [2.24, 2.45) is 5.92 Å². The summed E-state index contributed by atoms with van der Waals surface area (Å²) in [6.07, 6.45) is 1.52. The van der Waals surface area contributed by atoms with Gasteiger partial charge in [-0.05, 0) is 37.0 Å². The van der Waals surface area contributed by atoms with Gasteiger partial charge in [-0.25, -0.2) is 0 Å². The second kappa shape index (κ2) is 5.69. The van der Waals surface area contributed by atoms with Gasteiger partial charge in [-0.15, -0.1) is 0 Å². The molecule has 0 spiro atoms. The fourth-order valence-corrected chi connectivity index (χ4v) is 2.99. The fraction of sp³-hybridized carbons (Fsp3) is 0.571. The van der Waals surface area contributed by atoms with Gasteiger partial charge in [-0.1, -0.05) is 15.9 Å². The Labute approximate surface area is 121 Å². The van der Waals surface area contributed by atoms with E-state index in [4.69, 9.17) is 14.2 Å². The Morgan fingerprint density at radius 2 is 2.11 bits per heavy atom. The van der Waals surface area contributed by atoms with Gasteiger partial charge >= 0.3 is 0 Å². The lowest BCUT2D eigenvalue weighted by Crippen LogP contribution is -2.26. The van der Waals surface area contributed by atoms with E-state index in [2.05, 4.69) is 28.2 Å². The first kappa shape index (κ1) is 13.2. The number of hydrogen-bond donors (Lipinski definition) is 1. The molecule has 5 heteroatoms. The minimum atomic E-state index is 0.315. The van der Waals surface area contributed by atoms with Crippen LogP contribution in [-0.4, -0.2) is 26.0 Å². The van der Waals surface area contributed by atoms with Gasteiger partial charge in [-0.2, -0.15) is 0 Å². The van der Waals surface area contributed by atoms with Crippen molar-refractivity contribution in [3.8, 4) is 11.5 Å². The molecule has 0 amide bonds. The number of rotatable bonds is 4. The Balaban J connectivity index is 1.58. The molecule has 1 aromatic carbocycles. The van der Waals surface area contributed by atoms with E-state index in [1.54, 1.807) is 0 Å². The van der Waals surface area contributed by atoms with Gasteiger partial charge in [0, 0.05) is 24.2 Å². The maximum Gasteiger partial charge on any atom is 0.231 e. The van der Waals surface area contributed by atoms with Gasteiger partial charge in [0.2, 0.25) is 6.79 Å². The van der Waals surface area contributed by atoms with Crippen LogP contribution in [0.4, 0.5) is 0 Å². The van der Waals surface area contributed by atoms with Crippen LogP contribution < -0.4 is 14.8 Å². The average molecular weight is 328 g/mol. The molecule has 0 aliphatic carbocycles. The van der Waals surface area contributed by atoms with E-state index in [0.29, 0.717) is 18.8 Å². The first-order valence-electron chi connectivity index (χ1n) is 6.64. The second-order valence-corrected chi connectivity index (χ2v) is 5.91. The van der Waals surface area contributed by atoms with Crippen LogP contribution in [0.1, 0.15) is 18.9 Å². The normalized spacial score (nSPS) is 24.9. The van der Waals surface area contributed by atoms with Crippen LogP contribution in [0, 0.1) is 5.92 Å². The van der Waals surface area contributed by atoms with Crippen LogP contribution in [-0.2, 0) is 11.3 Å². The van der Waals surface area contributed by atoms with E-state index in [9.17, 15) is 0 Å². The summed E-state index contributed by atoms with van der Waals surface area (Å²) in [5.41, 5.74) is 1.19. The molecule has 1 saturated heterocycles. The molecule has 0 bridgehead atoms. The predicted molar refractivity (Wildman–Crippen MR) is 75.5 cm³/mol. The number of ether oxygens (including phenoxy) is 3. The van der Waals surface area contributed by atoms with Gasteiger partial charge in [0.1, 0.15) is 0 Å². The Morgan fingerprint density at radius 3 is 2.84 bits per heavy atom. The number of fused-ring (bicyclic) bond motifs is 1. The third-order valence-corrected chi connectivity index (χ3v) is 4.54. The van der Waals surface area contributed by atoms with Crippen molar-refractivity contribution in [1.29, 1.82) is 0 Å². The highest BCUT2D eigenvalue weighted by Gasteiger charge is 2.23. The summed E-state index contributed by atoms with van der Waals surface area (Å²) in [6, 6.07) is 4.01. The van der Waals surface area contributed by atoms with Crippen molar-refractivity contribution in [2.45, 2.75) is 26.0 Å². The lowest BCUT2D eigenvalue weighted by atomic mass is 10.0. The molecule has 0 aromatic heterocycles. The van der Waals surface area contributed by atoms with Crippen molar-refractivity contribution >= 4 is 15.9 Å². The summed E-state index contributed by atoms with van der Waals surface area (Å²) >= 11 is 3.58. The van der Waals surface area contributed by atoms with Crippen LogP contribution in [0.3, 0.4) is 0 Å². The standard InChI is InChI=1S/C14H18BrNO3/c1-9-10(2-3-17-9)6-16-7-11-4-13-14(5-12(11)15)19-8-18-13/h4-5,9-10,16H,2-3,6-8H2,1H3. The lowest BCUT2D eigenvalue weighted by molar-refractivity contribution is 0.105. The van der Waals surface area contributed by atoms with Gasteiger partial charge in [-0.3, -0.25) is 0 Å². The van der Waals surface area contributed by atoms with Crippen LogP contribution in [0.2, 0.25) is 0 Å². The van der Waals surface area contributed by atoms with E-state index < -0.39 is 0 Å². The highest BCUT2D eigenvalue weighted by Crippen LogP contribution is 2.36. The maximum atomic E-state index is 5.57. The van der Waals surface area contributed by atoms with Gasteiger partial charge in [0.05, 0.1) is 6.10 Å².